The van der Waals surface area contributed by atoms with E-state index in [0.717, 1.165) is 37.9 Å². The van der Waals surface area contributed by atoms with Gasteiger partial charge in [-0.15, -0.1) is 11.3 Å². The van der Waals surface area contributed by atoms with E-state index >= 15 is 0 Å². The minimum absolute atomic E-state index is 0.750. The van der Waals surface area contributed by atoms with E-state index in [1.165, 1.54) is 30.9 Å². The lowest BCUT2D eigenvalue weighted by molar-refractivity contribution is 0.199. The summed E-state index contributed by atoms with van der Waals surface area (Å²) in [4.78, 5) is 7.16. The lowest BCUT2D eigenvalue weighted by Crippen LogP contribution is -2.32. The van der Waals surface area contributed by atoms with Gasteiger partial charge in [0, 0.05) is 38.7 Å². The topological polar surface area (TPSA) is 37.4 Å². The second-order valence-corrected chi connectivity index (χ2v) is 5.96. The average Bonchev–Trinajstić information content (AvgIpc) is 2.82. The highest BCUT2D eigenvalue weighted by molar-refractivity contribution is 7.13. The molecule has 1 saturated carbocycles. The molecule has 1 aliphatic rings. The monoisotopic (exact) mass is 283 g/mol. The largest absolute Gasteiger partial charge is 0.383 e. The summed E-state index contributed by atoms with van der Waals surface area (Å²) in [6.07, 6.45) is 4.20. The molecule has 0 amide bonds. The molecule has 2 rings (SSSR count). The van der Waals surface area contributed by atoms with Crippen LogP contribution in [0, 0.1) is 5.92 Å². The second kappa shape index (κ2) is 7.82. The molecule has 0 bridgehead atoms. The fourth-order valence-corrected chi connectivity index (χ4v) is 3.14. The van der Waals surface area contributed by atoms with Gasteiger partial charge in [0.05, 0.1) is 12.3 Å². The Morgan fingerprint density at radius 1 is 1.53 bits per heavy atom. The van der Waals surface area contributed by atoms with Crippen LogP contribution < -0.4 is 10.2 Å². The third-order valence-electron chi connectivity index (χ3n) is 3.68. The maximum atomic E-state index is 5.01. The number of hydrogen-bond donors (Lipinski definition) is 1. The van der Waals surface area contributed by atoms with Crippen LogP contribution in [0.5, 0.6) is 0 Å². The van der Waals surface area contributed by atoms with Gasteiger partial charge >= 0.3 is 0 Å². The van der Waals surface area contributed by atoms with Gasteiger partial charge in [0.2, 0.25) is 0 Å². The highest BCUT2D eigenvalue weighted by atomic mass is 32.1. The lowest BCUT2D eigenvalue weighted by Gasteiger charge is -2.31. The van der Waals surface area contributed by atoms with Crippen LogP contribution in [-0.4, -0.2) is 38.3 Å². The molecule has 1 N–H and O–H groups in total. The van der Waals surface area contributed by atoms with Gasteiger partial charge in [-0.3, -0.25) is 0 Å². The third kappa shape index (κ3) is 4.44. The first-order chi connectivity index (χ1) is 9.33. The Kier molecular flexibility index (Phi) is 6.07. The number of methoxy groups -OCH3 is 1. The van der Waals surface area contributed by atoms with E-state index in [1.807, 2.05) is 0 Å². The van der Waals surface area contributed by atoms with Crippen LogP contribution in [0.15, 0.2) is 5.38 Å². The third-order valence-corrected chi connectivity index (χ3v) is 4.63. The van der Waals surface area contributed by atoms with Crippen molar-refractivity contribution in [2.24, 2.45) is 5.92 Å². The predicted octanol–water partition coefficient (Wildman–Crippen LogP) is 2.51. The lowest BCUT2D eigenvalue weighted by atomic mass is 9.85. The summed E-state index contributed by atoms with van der Waals surface area (Å²) >= 11 is 1.77. The minimum atomic E-state index is 0.750. The maximum Gasteiger partial charge on any atom is 0.185 e. The van der Waals surface area contributed by atoms with Crippen molar-refractivity contribution >= 4 is 16.5 Å². The highest BCUT2D eigenvalue weighted by Gasteiger charge is 2.21. The van der Waals surface area contributed by atoms with Gasteiger partial charge in [-0.2, -0.15) is 0 Å². The Labute approximate surface area is 120 Å². The number of rotatable bonds is 9. The Bertz CT molecular complexity index is 365. The number of nitrogens with zero attached hydrogens (tertiary/aromatic N) is 2. The smallest absolute Gasteiger partial charge is 0.185 e. The molecule has 19 heavy (non-hydrogen) atoms. The molecule has 0 aromatic carbocycles. The Balaban J connectivity index is 1.80. The molecule has 1 heterocycles. The second-order valence-electron chi connectivity index (χ2n) is 5.13. The standard InChI is InChI=1S/C14H25N3OS/c1-3-17(10-12-5-4-6-12)14-16-13(11-19-14)9-15-7-8-18-2/h11-12,15H,3-10H2,1-2H3. The van der Waals surface area contributed by atoms with Gasteiger partial charge in [-0.05, 0) is 25.7 Å². The van der Waals surface area contributed by atoms with Crippen molar-refractivity contribution in [3.05, 3.63) is 11.1 Å². The van der Waals surface area contributed by atoms with Crippen molar-refractivity contribution in [2.45, 2.75) is 32.7 Å². The molecule has 108 valence electrons. The Hall–Kier alpha value is -0.650. The quantitative estimate of drug-likeness (QED) is 0.707. The zero-order valence-corrected chi connectivity index (χ0v) is 12.8. The van der Waals surface area contributed by atoms with Crippen LogP contribution in [0.2, 0.25) is 0 Å². The molecular formula is C14H25N3OS. The molecule has 0 unspecified atom stereocenters. The number of ether oxygens (including phenoxy) is 1. The van der Waals surface area contributed by atoms with Crippen LogP contribution in [0.25, 0.3) is 0 Å². The first-order valence-corrected chi connectivity index (χ1v) is 8.10. The Morgan fingerprint density at radius 3 is 3.00 bits per heavy atom. The number of aromatic nitrogens is 1. The van der Waals surface area contributed by atoms with Gasteiger partial charge in [0.1, 0.15) is 0 Å². The molecule has 0 aliphatic heterocycles. The van der Waals surface area contributed by atoms with Crippen molar-refractivity contribution in [1.29, 1.82) is 0 Å². The zero-order chi connectivity index (χ0) is 13.5. The van der Waals surface area contributed by atoms with Crippen molar-refractivity contribution in [2.75, 3.05) is 38.3 Å². The molecule has 1 aliphatic carbocycles. The van der Waals surface area contributed by atoms with Crippen molar-refractivity contribution in [3.8, 4) is 0 Å². The molecule has 1 fully saturated rings. The normalized spacial score (nSPS) is 15.5. The van der Waals surface area contributed by atoms with E-state index in [2.05, 4.69) is 22.5 Å². The van der Waals surface area contributed by atoms with E-state index in [-0.39, 0.29) is 0 Å². The molecule has 5 heteroatoms. The summed E-state index contributed by atoms with van der Waals surface area (Å²) in [5, 5.41) is 6.68. The molecule has 1 aromatic heterocycles. The van der Waals surface area contributed by atoms with E-state index < -0.39 is 0 Å². The SMILES string of the molecule is CCN(CC1CCC1)c1nc(CNCCOC)cs1. The van der Waals surface area contributed by atoms with E-state index in [4.69, 9.17) is 9.72 Å². The Morgan fingerprint density at radius 2 is 2.37 bits per heavy atom. The van der Waals surface area contributed by atoms with E-state index in [0.29, 0.717) is 0 Å². The number of nitrogens with one attached hydrogen (secondary N) is 1. The highest BCUT2D eigenvalue weighted by Crippen LogP contribution is 2.30. The van der Waals surface area contributed by atoms with Gasteiger partial charge < -0.3 is 15.0 Å². The summed E-state index contributed by atoms with van der Waals surface area (Å²) in [7, 11) is 1.72. The molecule has 0 radical (unpaired) electrons. The molecule has 0 saturated heterocycles. The first kappa shape index (κ1) is 14.8. The van der Waals surface area contributed by atoms with Crippen LogP contribution in [0.3, 0.4) is 0 Å². The molecular weight excluding hydrogens is 258 g/mol. The molecule has 0 atom stereocenters. The summed E-state index contributed by atoms with van der Waals surface area (Å²) in [5.74, 6) is 0.895. The molecule has 4 nitrogen and oxygen atoms in total. The summed E-state index contributed by atoms with van der Waals surface area (Å²) < 4.78 is 5.01. The number of anilines is 1. The molecule has 0 spiro atoms. The van der Waals surface area contributed by atoms with Gasteiger partial charge in [0.15, 0.2) is 5.13 Å². The first-order valence-electron chi connectivity index (χ1n) is 7.22. The van der Waals surface area contributed by atoms with Crippen LogP contribution in [-0.2, 0) is 11.3 Å². The van der Waals surface area contributed by atoms with Gasteiger partial charge in [-0.25, -0.2) is 4.98 Å². The fourth-order valence-electron chi connectivity index (χ4n) is 2.24. The van der Waals surface area contributed by atoms with Crippen LogP contribution in [0.4, 0.5) is 5.13 Å². The molecule has 1 aromatic rings. The van der Waals surface area contributed by atoms with Crippen LogP contribution in [0.1, 0.15) is 31.9 Å². The summed E-state index contributed by atoms with van der Waals surface area (Å²) in [6, 6.07) is 0. The summed E-state index contributed by atoms with van der Waals surface area (Å²) in [5.41, 5.74) is 1.14. The fraction of sp³-hybridized carbons (Fsp3) is 0.786. The summed E-state index contributed by atoms with van der Waals surface area (Å²) in [6.45, 7) is 6.92. The van der Waals surface area contributed by atoms with E-state index in [9.17, 15) is 0 Å². The van der Waals surface area contributed by atoms with Crippen molar-refractivity contribution in [1.82, 2.24) is 10.3 Å². The zero-order valence-electron chi connectivity index (χ0n) is 12.0. The van der Waals surface area contributed by atoms with Crippen molar-refractivity contribution in [3.63, 3.8) is 0 Å². The van der Waals surface area contributed by atoms with E-state index in [1.54, 1.807) is 18.4 Å². The van der Waals surface area contributed by atoms with Crippen molar-refractivity contribution < 1.29 is 4.74 Å². The average molecular weight is 283 g/mol. The van der Waals surface area contributed by atoms with Crippen LogP contribution >= 0.6 is 11.3 Å². The number of hydrogen-bond acceptors (Lipinski definition) is 5. The van der Waals surface area contributed by atoms with Gasteiger partial charge in [0.25, 0.3) is 0 Å². The van der Waals surface area contributed by atoms with Gasteiger partial charge in [-0.1, -0.05) is 6.42 Å². The maximum absolute atomic E-state index is 5.01. The minimum Gasteiger partial charge on any atom is -0.383 e. The predicted molar refractivity (Wildman–Crippen MR) is 80.9 cm³/mol. The number of thiazole rings is 1.